The summed E-state index contributed by atoms with van der Waals surface area (Å²) in [7, 11) is 0. The number of ketones is 1. The van der Waals surface area contributed by atoms with E-state index in [4.69, 9.17) is 0 Å². The van der Waals surface area contributed by atoms with Gasteiger partial charge in [0.1, 0.15) is 0 Å². The van der Waals surface area contributed by atoms with Gasteiger partial charge in [-0.25, -0.2) is 0 Å². The Morgan fingerprint density at radius 2 is 1.91 bits per heavy atom. The maximum absolute atomic E-state index is 12.9. The fraction of sp³-hybridized carbons (Fsp3) is 0.375. The molecule has 0 radical (unpaired) electrons. The average molecular weight is 309 g/mol. The van der Waals surface area contributed by atoms with Crippen molar-refractivity contribution in [3.63, 3.8) is 0 Å². The molecule has 116 valence electrons. The summed E-state index contributed by atoms with van der Waals surface area (Å²) in [4.78, 5) is 24.0. The molecule has 0 saturated heterocycles. The van der Waals surface area contributed by atoms with Crippen LogP contribution in [-0.4, -0.2) is 11.7 Å². The van der Waals surface area contributed by atoms with Gasteiger partial charge < -0.3 is 5.32 Å². The van der Waals surface area contributed by atoms with E-state index >= 15 is 0 Å². The Kier molecular flexibility index (Phi) is 3.54. The molecule has 0 unspecified atom stereocenters. The van der Waals surface area contributed by atoms with Gasteiger partial charge in [-0.15, -0.1) is 0 Å². The summed E-state index contributed by atoms with van der Waals surface area (Å²) < 4.78 is 38.6. The first-order valence-corrected chi connectivity index (χ1v) is 7.09. The molecule has 1 heterocycles. The molecule has 1 aliphatic carbocycles. The first-order chi connectivity index (χ1) is 10.4. The van der Waals surface area contributed by atoms with Crippen LogP contribution in [0.2, 0.25) is 0 Å². The van der Waals surface area contributed by atoms with Crippen LogP contribution in [0.3, 0.4) is 0 Å². The Labute approximate surface area is 125 Å². The lowest BCUT2D eigenvalue weighted by Crippen LogP contribution is -2.36. The normalized spacial score (nSPS) is 22.4. The molecule has 3 rings (SSSR count). The summed E-state index contributed by atoms with van der Waals surface area (Å²) in [5.41, 5.74) is 0.661. The predicted octanol–water partition coefficient (Wildman–Crippen LogP) is 3.32. The van der Waals surface area contributed by atoms with E-state index in [1.807, 2.05) is 0 Å². The number of hydrogen-bond donors (Lipinski definition) is 1. The second-order valence-electron chi connectivity index (χ2n) is 5.60. The number of alkyl halides is 3. The van der Waals surface area contributed by atoms with Crippen LogP contribution in [-0.2, 0) is 15.8 Å². The highest BCUT2D eigenvalue weighted by Crippen LogP contribution is 2.39. The molecule has 0 saturated carbocycles. The number of carbonyl (C=O) groups excluding carboxylic acids is 2. The first kappa shape index (κ1) is 14.8. The van der Waals surface area contributed by atoms with Crippen molar-refractivity contribution in [3.05, 3.63) is 46.7 Å². The van der Waals surface area contributed by atoms with Crippen LogP contribution in [0.15, 0.2) is 35.5 Å². The van der Waals surface area contributed by atoms with Gasteiger partial charge >= 0.3 is 6.18 Å². The summed E-state index contributed by atoms with van der Waals surface area (Å²) in [6, 6.07) is 4.89. The Bertz CT molecular complexity index is 676. The molecule has 2 aliphatic rings. The van der Waals surface area contributed by atoms with Crippen LogP contribution in [0.25, 0.3) is 0 Å². The molecule has 1 aromatic rings. The van der Waals surface area contributed by atoms with Crippen LogP contribution in [0.5, 0.6) is 0 Å². The number of Topliss-reactive ketones (excluding diaryl/α,β-unsaturated/α-hetero) is 1. The van der Waals surface area contributed by atoms with Crippen molar-refractivity contribution in [3.8, 4) is 0 Å². The fourth-order valence-corrected chi connectivity index (χ4v) is 3.12. The predicted molar refractivity (Wildman–Crippen MR) is 72.8 cm³/mol. The summed E-state index contributed by atoms with van der Waals surface area (Å²) in [6.45, 7) is 0. The van der Waals surface area contributed by atoms with Crippen molar-refractivity contribution in [1.82, 2.24) is 5.32 Å². The maximum atomic E-state index is 12.9. The van der Waals surface area contributed by atoms with Gasteiger partial charge in [0.05, 0.1) is 5.56 Å². The van der Waals surface area contributed by atoms with E-state index in [0.717, 1.165) is 12.1 Å². The number of amides is 1. The number of nitrogens with one attached hydrogen (secondary N) is 1. The van der Waals surface area contributed by atoms with Gasteiger partial charge in [-0.3, -0.25) is 9.59 Å². The van der Waals surface area contributed by atoms with Crippen LogP contribution < -0.4 is 5.32 Å². The van der Waals surface area contributed by atoms with Crippen LogP contribution in [0.1, 0.15) is 42.7 Å². The third-order valence-corrected chi connectivity index (χ3v) is 4.10. The topological polar surface area (TPSA) is 46.2 Å². The van der Waals surface area contributed by atoms with Gasteiger partial charge in [0.2, 0.25) is 5.91 Å². The molecule has 6 heteroatoms. The first-order valence-electron chi connectivity index (χ1n) is 7.09. The molecule has 0 bridgehead atoms. The number of rotatable bonds is 1. The lowest BCUT2D eigenvalue weighted by Gasteiger charge is -2.31. The van der Waals surface area contributed by atoms with Crippen molar-refractivity contribution in [2.45, 2.75) is 37.8 Å². The molecule has 22 heavy (non-hydrogen) atoms. The summed E-state index contributed by atoms with van der Waals surface area (Å²) >= 11 is 0. The highest BCUT2D eigenvalue weighted by Gasteiger charge is 2.36. The number of hydrogen-bond acceptors (Lipinski definition) is 2. The Hall–Kier alpha value is -2.11. The van der Waals surface area contributed by atoms with Gasteiger partial charge in [0.15, 0.2) is 5.78 Å². The van der Waals surface area contributed by atoms with E-state index in [0.29, 0.717) is 36.1 Å². The summed E-state index contributed by atoms with van der Waals surface area (Å²) in [5.74, 6) is -0.918. The van der Waals surface area contributed by atoms with Gasteiger partial charge in [-0.05, 0) is 24.5 Å². The Morgan fingerprint density at radius 3 is 2.64 bits per heavy atom. The molecule has 0 fully saturated rings. The zero-order chi connectivity index (χ0) is 15.9. The second kappa shape index (κ2) is 5.26. The molecule has 1 aliphatic heterocycles. The van der Waals surface area contributed by atoms with E-state index in [9.17, 15) is 22.8 Å². The molecule has 1 amide bonds. The largest absolute Gasteiger partial charge is 0.416 e. The monoisotopic (exact) mass is 309 g/mol. The zero-order valence-corrected chi connectivity index (χ0v) is 11.7. The number of halogens is 3. The lowest BCUT2D eigenvalue weighted by atomic mass is 9.78. The van der Waals surface area contributed by atoms with Crippen LogP contribution in [0.4, 0.5) is 13.2 Å². The quantitative estimate of drug-likeness (QED) is 0.865. The minimum Gasteiger partial charge on any atom is -0.329 e. The van der Waals surface area contributed by atoms with Crippen LogP contribution in [0, 0.1) is 0 Å². The van der Waals surface area contributed by atoms with Crippen LogP contribution >= 0.6 is 0 Å². The van der Waals surface area contributed by atoms with Crippen molar-refractivity contribution >= 4 is 11.7 Å². The smallest absolute Gasteiger partial charge is 0.329 e. The van der Waals surface area contributed by atoms with Gasteiger partial charge in [0, 0.05) is 30.0 Å². The van der Waals surface area contributed by atoms with E-state index in [2.05, 4.69) is 5.32 Å². The third kappa shape index (κ3) is 2.65. The van der Waals surface area contributed by atoms with Crippen molar-refractivity contribution < 1.29 is 22.8 Å². The molecular weight excluding hydrogens is 295 g/mol. The lowest BCUT2D eigenvalue weighted by molar-refractivity contribution is -0.137. The molecule has 0 spiro atoms. The Morgan fingerprint density at radius 1 is 1.14 bits per heavy atom. The van der Waals surface area contributed by atoms with E-state index in [-0.39, 0.29) is 18.1 Å². The fourth-order valence-electron chi connectivity index (χ4n) is 3.12. The minimum atomic E-state index is -4.44. The number of benzene rings is 1. The molecule has 1 aromatic carbocycles. The highest BCUT2D eigenvalue weighted by molar-refractivity contribution is 6.01. The number of allylic oxidation sites excluding steroid dienone is 2. The van der Waals surface area contributed by atoms with Crippen molar-refractivity contribution in [2.75, 3.05) is 0 Å². The standard InChI is InChI=1S/C16H14F3NO2/c17-16(18,19)10-4-1-3-9(7-10)11-8-14(22)20-12-5-2-6-13(21)15(11)12/h1,3-4,7,11H,2,5-6,8H2,(H,20,22)/t11-/m1/s1. The summed E-state index contributed by atoms with van der Waals surface area (Å²) in [6.07, 6.45) is -2.81. The van der Waals surface area contributed by atoms with Gasteiger partial charge in [-0.1, -0.05) is 18.2 Å². The van der Waals surface area contributed by atoms with E-state index < -0.39 is 17.7 Å². The zero-order valence-electron chi connectivity index (χ0n) is 11.7. The van der Waals surface area contributed by atoms with Gasteiger partial charge in [0.25, 0.3) is 0 Å². The molecule has 1 atom stereocenters. The minimum absolute atomic E-state index is 0.00584. The molecule has 1 N–H and O–H groups in total. The Balaban J connectivity index is 2.06. The third-order valence-electron chi connectivity index (χ3n) is 4.10. The number of carbonyl (C=O) groups is 2. The van der Waals surface area contributed by atoms with Crippen molar-refractivity contribution in [1.29, 1.82) is 0 Å². The van der Waals surface area contributed by atoms with Crippen molar-refractivity contribution in [2.24, 2.45) is 0 Å². The second-order valence-corrected chi connectivity index (χ2v) is 5.60. The molecule has 3 nitrogen and oxygen atoms in total. The van der Waals surface area contributed by atoms with Gasteiger partial charge in [-0.2, -0.15) is 13.2 Å². The molecule has 0 aromatic heterocycles. The van der Waals surface area contributed by atoms with E-state index in [1.165, 1.54) is 6.07 Å². The SMILES string of the molecule is O=C1C[C@H](c2cccc(C(F)(F)F)c2)C2=C(CCCC2=O)N1. The highest BCUT2D eigenvalue weighted by atomic mass is 19.4. The average Bonchev–Trinajstić information content (AvgIpc) is 2.45. The van der Waals surface area contributed by atoms with E-state index in [1.54, 1.807) is 6.07 Å². The maximum Gasteiger partial charge on any atom is 0.416 e. The molecular formula is C16H14F3NO2. The summed E-state index contributed by atoms with van der Waals surface area (Å²) in [5, 5.41) is 2.69.